The van der Waals surface area contributed by atoms with Gasteiger partial charge in [0.15, 0.2) is 0 Å². The van der Waals surface area contributed by atoms with Gasteiger partial charge in [-0.3, -0.25) is 9.59 Å². The van der Waals surface area contributed by atoms with Gasteiger partial charge >= 0.3 is 5.97 Å². The molecule has 0 radical (unpaired) electrons. The molecule has 2 N–H and O–H groups in total. The van der Waals surface area contributed by atoms with Crippen LogP contribution in [0, 0.1) is 6.92 Å². The Kier molecular flexibility index (Phi) is 3.99. The van der Waals surface area contributed by atoms with E-state index in [4.69, 9.17) is 4.52 Å². The minimum absolute atomic E-state index is 0.290. The van der Waals surface area contributed by atoms with Crippen molar-refractivity contribution in [3.8, 4) is 11.3 Å². The minimum Gasteiger partial charge on any atom is -0.480 e. The first-order chi connectivity index (χ1) is 13.9. The van der Waals surface area contributed by atoms with Crippen molar-refractivity contribution in [1.29, 1.82) is 0 Å². The number of fused-ring (bicyclic) bond motifs is 1. The molecule has 3 atom stereocenters. The second kappa shape index (κ2) is 6.35. The van der Waals surface area contributed by atoms with Crippen molar-refractivity contribution >= 4 is 29.5 Å². The Labute approximate surface area is 170 Å². The van der Waals surface area contributed by atoms with Crippen molar-refractivity contribution in [1.82, 2.24) is 15.4 Å². The molecule has 2 amide bonds. The highest BCUT2D eigenvalue weighted by Gasteiger charge is 2.68. The van der Waals surface area contributed by atoms with Gasteiger partial charge in [-0.05, 0) is 19.8 Å². The maximum absolute atomic E-state index is 13.0. The highest BCUT2D eigenvalue weighted by molar-refractivity contribution is 8.01. The number of aryl methyl sites for hydroxylation is 1. The number of amides is 2. The van der Waals surface area contributed by atoms with E-state index < -0.39 is 28.7 Å². The van der Waals surface area contributed by atoms with Crippen LogP contribution in [-0.2, 0) is 9.59 Å². The highest BCUT2D eigenvalue weighted by atomic mass is 32.2. The molecule has 9 heteroatoms. The molecule has 2 saturated heterocycles. The third-order valence-electron chi connectivity index (χ3n) is 6.07. The predicted molar refractivity (Wildman–Crippen MR) is 104 cm³/mol. The average molecular weight is 413 g/mol. The summed E-state index contributed by atoms with van der Waals surface area (Å²) in [5.41, 5.74) is 1.45. The summed E-state index contributed by atoms with van der Waals surface area (Å²) >= 11 is 1.51. The number of rotatable bonds is 4. The lowest BCUT2D eigenvalue weighted by Crippen LogP contribution is -2.71. The summed E-state index contributed by atoms with van der Waals surface area (Å²) in [6.45, 7) is 1.65. The molecule has 5 rings (SSSR count). The molecule has 1 spiro atoms. The number of aromatic nitrogens is 1. The molecule has 1 saturated carbocycles. The first-order valence-corrected chi connectivity index (χ1v) is 10.4. The lowest BCUT2D eigenvalue weighted by Gasteiger charge is -2.44. The third-order valence-corrected chi connectivity index (χ3v) is 7.91. The van der Waals surface area contributed by atoms with E-state index >= 15 is 0 Å². The van der Waals surface area contributed by atoms with Crippen molar-refractivity contribution in [3.63, 3.8) is 0 Å². The second-order valence-corrected chi connectivity index (χ2v) is 9.22. The van der Waals surface area contributed by atoms with Gasteiger partial charge in [-0.2, -0.15) is 0 Å². The van der Waals surface area contributed by atoms with Crippen LogP contribution in [0.15, 0.2) is 34.9 Å². The Morgan fingerprint density at radius 2 is 2.03 bits per heavy atom. The number of nitrogens with zero attached hydrogens (tertiary/aromatic N) is 2. The lowest BCUT2D eigenvalue weighted by molar-refractivity contribution is -0.161. The highest BCUT2D eigenvalue weighted by Crippen LogP contribution is 2.59. The molecule has 3 heterocycles. The first kappa shape index (κ1) is 18.2. The number of carbonyl (C=O) groups excluding carboxylic acids is 2. The van der Waals surface area contributed by atoms with Gasteiger partial charge in [0.05, 0.1) is 0 Å². The van der Waals surface area contributed by atoms with Crippen LogP contribution in [0.25, 0.3) is 11.3 Å². The molecule has 8 nitrogen and oxygen atoms in total. The Balaban J connectivity index is 1.39. The van der Waals surface area contributed by atoms with Crippen LogP contribution < -0.4 is 5.32 Å². The number of carbonyl (C=O) groups is 3. The molecule has 2 unspecified atom stereocenters. The van der Waals surface area contributed by atoms with Crippen LogP contribution >= 0.6 is 11.8 Å². The van der Waals surface area contributed by atoms with Crippen molar-refractivity contribution in [3.05, 3.63) is 41.7 Å². The van der Waals surface area contributed by atoms with E-state index in [0.29, 0.717) is 17.0 Å². The summed E-state index contributed by atoms with van der Waals surface area (Å²) in [6, 6.07) is 7.64. The lowest BCUT2D eigenvalue weighted by atomic mass is 9.77. The number of thioether (sulfide) groups is 1. The summed E-state index contributed by atoms with van der Waals surface area (Å²) in [5, 5.41) is 16.1. The molecular weight excluding hydrogens is 394 g/mol. The van der Waals surface area contributed by atoms with Crippen molar-refractivity contribution in [2.24, 2.45) is 0 Å². The summed E-state index contributed by atoms with van der Waals surface area (Å²) in [7, 11) is 0. The van der Waals surface area contributed by atoms with Crippen molar-refractivity contribution in [2.75, 3.05) is 0 Å². The fraction of sp³-hybridized carbons (Fsp3) is 0.400. The summed E-state index contributed by atoms with van der Waals surface area (Å²) in [6.07, 6.45) is 2.51. The van der Waals surface area contributed by atoms with Gasteiger partial charge in [-0.25, -0.2) is 4.79 Å². The maximum atomic E-state index is 13.0. The molecule has 29 heavy (non-hydrogen) atoms. The Morgan fingerprint density at radius 3 is 2.66 bits per heavy atom. The average Bonchev–Trinajstić information content (AvgIpc) is 3.23. The second-order valence-electron chi connectivity index (χ2n) is 7.69. The maximum Gasteiger partial charge on any atom is 0.327 e. The zero-order valence-electron chi connectivity index (χ0n) is 15.6. The Bertz CT molecular complexity index is 1020. The molecule has 150 valence electrons. The van der Waals surface area contributed by atoms with E-state index in [2.05, 4.69) is 10.5 Å². The van der Waals surface area contributed by atoms with Gasteiger partial charge in [-0.15, -0.1) is 11.8 Å². The third kappa shape index (κ3) is 2.53. The van der Waals surface area contributed by atoms with E-state index in [9.17, 15) is 19.5 Å². The molecule has 0 bridgehead atoms. The molecule has 1 aromatic carbocycles. The van der Waals surface area contributed by atoms with Gasteiger partial charge in [0, 0.05) is 10.3 Å². The summed E-state index contributed by atoms with van der Waals surface area (Å²) in [5.74, 6) is -1.40. The van der Waals surface area contributed by atoms with Crippen LogP contribution in [0.2, 0.25) is 0 Å². The number of nitrogens with one attached hydrogen (secondary N) is 1. The largest absolute Gasteiger partial charge is 0.480 e. The molecular formula is C20H19N3O5S. The Morgan fingerprint density at radius 1 is 1.31 bits per heavy atom. The van der Waals surface area contributed by atoms with Crippen LogP contribution in [0.3, 0.4) is 0 Å². The van der Waals surface area contributed by atoms with Gasteiger partial charge in [-0.1, -0.05) is 41.9 Å². The molecule has 1 aromatic heterocycles. The van der Waals surface area contributed by atoms with Crippen LogP contribution in [0.5, 0.6) is 0 Å². The monoisotopic (exact) mass is 413 g/mol. The van der Waals surface area contributed by atoms with E-state index in [1.807, 2.05) is 30.3 Å². The minimum atomic E-state index is -0.973. The van der Waals surface area contributed by atoms with Crippen LogP contribution in [-0.4, -0.2) is 55.2 Å². The number of benzene rings is 1. The van der Waals surface area contributed by atoms with Crippen LogP contribution in [0.1, 0.15) is 35.4 Å². The zero-order valence-corrected chi connectivity index (χ0v) is 16.4. The number of β-lactam (4-membered cyclic amide) rings is 1. The predicted octanol–water partition coefficient (Wildman–Crippen LogP) is 2.04. The van der Waals surface area contributed by atoms with Gasteiger partial charge in [0.1, 0.15) is 34.5 Å². The van der Waals surface area contributed by atoms with Gasteiger partial charge in [0.25, 0.3) is 5.91 Å². The van der Waals surface area contributed by atoms with E-state index in [1.54, 1.807) is 6.92 Å². The number of aliphatic carboxylic acids is 1. The fourth-order valence-electron chi connectivity index (χ4n) is 4.48. The number of hydrogen-bond donors (Lipinski definition) is 2. The molecule has 2 aliphatic heterocycles. The van der Waals surface area contributed by atoms with Gasteiger partial charge < -0.3 is 19.8 Å². The summed E-state index contributed by atoms with van der Waals surface area (Å²) in [4.78, 5) is 39.0. The molecule has 2 aromatic rings. The van der Waals surface area contributed by atoms with Crippen LogP contribution in [0.4, 0.5) is 0 Å². The molecule has 3 fully saturated rings. The molecule has 3 aliphatic rings. The first-order valence-electron chi connectivity index (χ1n) is 9.48. The van der Waals surface area contributed by atoms with E-state index in [-0.39, 0.29) is 11.3 Å². The van der Waals surface area contributed by atoms with E-state index in [0.717, 1.165) is 24.8 Å². The quantitative estimate of drug-likeness (QED) is 0.738. The standard InChI is InChI=1S/C20H19N3O5S/c1-10-12(13(22-28-10)11-6-3-2-4-7-11)16(24)21-14-17(25)23-15(19(26)27)20(8-5-9-20)29-18(14)23/h2-4,6-7,14-15,18H,5,8-9H2,1H3,(H,21,24)(H,26,27)/t14?,15?,18-/m0/s1. The SMILES string of the molecule is Cc1onc(-c2ccccc2)c1C(=O)NC1C(=O)N2C(C(=O)O)C3(CCC3)S[C@@H]12. The zero-order chi connectivity index (χ0) is 20.3. The van der Waals surface area contributed by atoms with Crippen molar-refractivity contribution < 1.29 is 24.0 Å². The number of carboxylic acid groups (broad SMARTS) is 1. The fourth-order valence-corrected chi connectivity index (χ4v) is 6.49. The normalized spacial score (nSPS) is 26.6. The van der Waals surface area contributed by atoms with Crippen molar-refractivity contribution in [2.45, 2.75) is 48.4 Å². The number of carboxylic acids is 1. The van der Waals surface area contributed by atoms with Gasteiger partial charge in [0.2, 0.25) is 5.91 Å². The smallest absolute Gasteiger partial charge is 0.327 e. The van der Waals surface area contributed by atoms with E-state index in [1.165, 1.54) is 16.7 Å². The topological polar surface area (TPSA) is 113 Å². The molecule has 1 aliphatic carbocycles. The Hall–Kier alpha value is -2.81. The number of hydrogen-bond acceptors (Lipinski definition) is 6. The summed E-state index contributed by atoms with van der Waals surface area (Å²) < 4.78 is 4.81.